The van der Waals surface area contributed by atoms with Crippen molar-refractivity contribution in [1.29, 1.82) is 0 Å². The summed E-state index contributed by atoms with van der Waals surface area (Å²) < 4.78 is 0.985. The van der Waals surface area contributed by atoms with Gasteiger partial charge in [0, 0.05) is 10.0 Å². The van der Waals surface area contributed by atoms with E-state index in [4.69, 9.17) is 6.57 Å². The molecule has 0 N–H and O–H groups in total. The van der Waals surface area contributed by atoms with E-state index in [1.807, 2.05) is 31.2 Å². The van der Waals surface area contributed by atoms with Crippen molar-refractivity contribution in [2.24, 2.45) is 0 Å². The van der Waals surface area contributed by atoms with Crippen molar-refractivity contribution in [3.63, 3.8) is 0 Å². The molecule has 0 aliphatic heterocycles. The second-order valence-corrected chi connectivity index (χ2v) is 6.02. The maximum Gasteiger partial charge on any atom is 0.187 e. The van der Waals surface area contributed by atoms with Gasteiger partial charge in [0.25, 0.3) is 0 Å². The Morgan fingerprint density at radius 3 is 2.55 bits per heavy atom. The van der Waals surface area contributed by atoms with E-state index in [0.717, 1.165) is 15.6 Å². The highest BCUT2D eigenvalue weighted by Gasteiger charge is 2.22. The van der Waals surface area contributed by atoms with E-state index in [2.05, 4.69) is 27.4 Å². The molecule has 0 aliphatic carbocycles. The van der Waals surface area contributed by atoms with Crippen LogP contribution in [0, 0.1) is 13.5 Å². The Kier molecular flexibility index (Phi) is 5.30. The number of Topliss-reactive ketones (excluding diaryl/α,β-unsaturated/α-hetero) is 1. The zero-order valence-corrected chi connectivity index (χ0v) is 13.9. The van der Waals surface area contributed by atoms with Crippen LogP contribution in [-0.2, 0) is 0 Å². The fourth-order valence-electron chi connectivity index (χ4n) is 2.44. The number of carbonyl (C=O) groups excluding carboxylic acids is 1. The number of hydrogen-bond donors (Lipinski definition) is 0. The molecule has 0 saturated heterocycles. The van der Waals surface area contributed by atoms with Crippen LogP contribution in [-0.4, -0.2) is 5.78 Å². The first-order chi connectivity index (χ1) is 10.6. The number of halogens is 1. The van der Waals surface area contributed by atoms with Crippen LogP contribution in [0.5, 0.6) is 0 Å². The Morgan fingerprint density at radius 2 is 2.00 bits per heavy atom. The molecule has 2 rings (SSSR count). The van der Waals surface area contributed by atoms with E-state index < -0.39 is 0 Å². The van der Waals surface area contributed by atoms with E-state index in [1.165, 1.54) is 0 Å². The number of rotatable bonds is 5. The minimum Gasteiger partial charge on any atom is -0.293 e. The fraction of sp³-hybridized carbons (Fsp3) is 0.158. The summed E-state index contributed by atoms with van der Waals surface area (Å²) in [5.41, 5.74) is 3.03. The third-order valence-electron chi connectivity index (χ3n) is 3.60. The van der Waals surface area contributed by atoms with Gasteiger partial charge in [0.05, 0.1) is 12.5 Å². The zero-order chi connectivity index (χ0) is 16.1. The van der Waals surface area contributed by atoms with Gasteiger partial charge in [-0.15, -0.1) is 6.58 Å². The van der Waals surface area contributed by atoms with Crippen LogP contribution in [0.3, 0.4) is 0 Å². The van der Waals surface area contributed by atoms with Gasteiger partial charge in [-0.05, 0) is 31.0 Å². The lowest BCUT2D eigenvalue weighted by molar-refractivity contribution is 0.0959. The lowest BCUT2D eigenvalue weighted by Gasteiger charge is -2.16. The van der Waals surface area contributed by atoms with Gasteiger partial charge in [-0.1, -0.05) is 57.9 Å². The molecule has 0 spiro atoms. The third kappa shape index (κ3) is 3.52. The third-order valence-corrected chi connectivity index (χ3v) is 4.12. The molecule has 2 aromatic rings. The highest BCUT2D eigenvalue weighted by Crippen LogP contribution is 2.28. The Labute approximate surface area is 139 Å². The van der Waals surface area contributed by atoms with Crippen LogP contribution in [0.1, 0.15) is 33.8 Å². The van der Waals surface area contributed by atoms with E-state index in [9.17, 15) is 4.79 Å². The molecule has 3 heteroatoms. The van der Waals surface area contributed by atoms with Gasteiger partial charge in [0.1, 0.15) is 0 Å². The lowest BCUT2D eigenvalue weighted by atomic mass is 9.86. The number of aryl methyl sites for hydroxylation is 1. The van der Waals surface area contributed by atoms with Crippen LogP contribution in [0.4, 0.5) is 5.69 Å². The molecule has 0 bridgehead atoms. The van der Waals surface area contributed by atoms with Crippen LogP contribution in [0.2, 0.25) is 0 Å². The highest BCUT2D eigenvalue weighted by atomic mass is 79.9. The molecule has 0 amide bonds. The summed E-state index contributed by atoms with van der Waals surface area (Å²) in [5, 5.41) is 0. The van der Waals surface area contributed by atoms with Crippen molar-refractivity contribution in [3.05, 3.63) is 87.7 Å². The fourth-order valence-corrected chi connectivity index (χ4v) is 2.70. The van der Waals surface area contributed by atoms with Crippen molar-refractivity contribution in [1.82, 2.24) is 0 Å². The number of nitrogens with zero attached hydrogens (tertiary/aromatic N) is 1. The molecule has 110 valence electrons. The largest absolute Gasteiger partial charge is 0.293 e. The van der Waals surface area contributed by atoms with Crippen LogP contribution < -0.4 is 0 Å². The number of carbonyl (C=O) groups is 1. The smallest absolute Gasteiger partial charge is 0.187 e. The molecule has 22 heavy (non-hydrogen) atoms. The normalized spacial score (nSPS) is 11.5. The zero-order valence-electron chi connectivity index (χ0n) is 12.3. The average molecular weight is 354 g/mol. The van der Waals surface area contributed by atoms with Gasteiger partial charge in [-0.3, -0.25) is 4.79 Å². The van der Waals surface area contributed by atoms with Crippen molar-refractivity contribution < 1.29 is 4.79 Å². The topological polar surface area (TPSA) is 21.4 Å². The van der Waals surface area contributed by atoms with E-state index in [1.54, 1.807) is 24.3 Å². The molecule has 0 heterocycles. The summed E-state index contributed by atoms with van der Waals surface area (Å²) in [6.45, 7) is 12.7. The van der Waals surface area contributed by atoms with Gasteiger partial charge >= 0.3 is 0 Å². The summed E-state index contributed by atoms with van der Waals surface area (Å²) >= 11 is 3.41. The van der Waals surface area contributed by atoms with Gasteiger partial charge in [-0.25, -0.2) is 4.85 Å². The number of hydrogen-bond acceptors (Lipinski definition) is 1. The summed E-state index contributed by atoms with van der Waals surface area (Å²) in [4.78, 5) is 16.3. The van der Waals surface area contributed by atoms with Crippen molar-refractivity contribution >= 4 is 27.4 Å². The number of ketones is 1. The van der Waals surface area contributed by atoms with Gasteiger partial charge in [0.2, 0.25) is 0 Å². The average Bonchev–Trinajstić information content (AvgIpc) is 2.53. The maximum absolute atomic E-state index is 12.9. The Hall–Kier alpha value is -2.18. The van der Waals surface area contributed by atoms with Crippen LogP contribution in [0.25, 0.3) is 4.85 Å². The molecule has 0 saturated carbocycles. The highest BCUT2D eigenvalue weighted by molar-refractivity contribution is 9.10. The number of benzene rings is 2. The SMILES string of the molecule is [C-]#[N+]c1ccc(C(=O)C(CC=C)c2ccc(Br)cc2)c(C)c1. The van der Waals surface area contributed by atoms with Crippen LogP contribution >= 0.6 is 15.9 Å². The van der Waals surface area contributed by atoms with Gasteiger partial charge in [-0.2, -0.15) is 0 Å². The minimum atomic E-state index is -0.247. The molecule has 2 aromatic carbocycles. The second kappa shape index (κ2) is 7.20. The summed E-state index contributed by atoms with van der Waals surface area (Å²) in [6.07, 6.45) is 2.36. The minimum absolute atomic E-state index is 0.0660. The predicted octanol–water partition coefficient (Wildman–Crippen LogP) is 5.85. The Bertz CT molecular complexity index is 741. The maximum atomic E-state index is 12.9. The monoisotopic (exact) mass is 353 g/mol. The molecule has 0 aliphatic rings. The summed E-state index contributed by atoms with van der Waals surface area (Å²) in [7, 11) is 0. The first kappa shape index (κ1) is 16.2. The molecule has 2 nitrogen and oxygen atoms in total. The van der Waals surface area contributed by atoms with Gasteiger partial charge in [0.15, 0.2) is 11.5 Å². The van der Waals surface area contributed by atoms with Crippen LogP contribution in [0.15, 0.2) is 59.6 Å². The molecular weight excluding hydrogens is 338 g/mol. The quantitative estimate of drug-likeness (QED) is 0.375. The molecule has 0 radical (unpaired) electrons. The second-order valence-electron chi connectivity index (χ2n) is 5.10. The first-order valence-corrected chi connectivity index (χ1v) is 7.74. The molecule has 0 fully saturated rings. The number of allylic oxidation sites excluding steroid dienone is 1. The Balaban J connectivity index is 2.40. The van der Waals surface area contributed by atoms with E-state index >= 15 is 0 Å². The lowest BCUT2D eigenvalue weighted by Crippen LogP contribution is -2.13. The van der Waals surface area contributed by atoms with Gasteiger partial charge < -0.3 is 0 Å². The molecular formula is C19H16BrNO. The molecule has 1 atom stereocenters. The molecule has 1 unspecified atom stereocenters. The molecule has 0 aromatic heterocycles. The first-order valence-electron chi connectivity index (χ1n) is 6.95. The standard InChI is InChI=1S/C19H16BrNO/c1-4-5-18(14-6-8-15(20)9-7-14)19(22)17-11-10-16(21-3)12-13(17)2/h4,6-12,18H,1,5H2,2H3. The van der Waals surface area contributed by atoms with E-state index in [0.29, 0.717) is 17.7 Å². The summed E-state index contributed by atoms with van der Waals surface area (Å²) in [6, 6.07) is 13.0. The summed E-state index contributed by atoms with van der Waals surface area (Å²) in [5.74, 6) is -0.181. The van der Waals surface area contributed by atoms with E-state index in [-0.39, 0.29) is 11.7 Å². The Morgan fingerprint density at radius 1 is 1.32 bits per heavy atom. The predicted molar refractivity (Wildman–Crippen MR) is 93.5 cm³/mol. The van der Waals surface area contributed by atoms with Crippen molar-refractivity contribution in [3.8, 4) is 0 Å². The van der Waals surface area contributed by atoms with Crippen molar-refractivity contribution in [2.75, 3.05) is 0 Å². The van der Waals surface area contributed by atoms with Crippen molar-refractivity contribution in [2.45, 2.75) is 19.3 Å².